The second kappa shape index (κ2) is 9.27. The van der Waals surface area contributed by atoms with E-state index < -0.39 is 6.04 Å². The monoisotopic (exact) mass is 388 g/mol. The Labute approximate surface area is 162 Å². The van der Waals surface area contributed by atoms with Gasteiger partial charge in [-0.1, -0.05) is 38.1 Å². The lowest BCUT2D eigenvalue weighted by Gasteiger charge is -2.20. The van der Waals surface area contributed by atoms with E-state index in [0.717, 1.165) is 16.8 Å². The number of nitrogens with one attached hydrogen (secondary N) is 3. The molecule has 0 saturated heterocycles. The van der Waals surface area contributed by atoms with Gasteiger partial charge in [-0.15, -0.1) is 11.3 Å². The maximum atomic E-state index is 12.4. The number of hydrogen-bond acceptors (Lipinski definition) is 5. The molecule has 2 aromatic rings. The van der Waals surface area contributed by atoms with E-state index >= 15 is 0 Å². The lowest BCUT2D eigenvalue weighted by molar-refractivity contribution is -0.126. The molecule has 0 aliphatic carbocycles. The van der Waals surface area contributed by atoms with Gasteiger partial charge in [0.15, 0.2) is 5.13 Å². The summed E-state index contributed by atoms with van der Waals surface area (Å²) in [6.07, 6.45) is 0. The second-order valence-electron chi connectivity index (χ2n) is 6.56. The number of rotatable bonds is 7. The van der Waals surface area contributed by atoms with E-state index in [2.05, 4.69) is 20.9 Å². The van der Waals surface area contributed by atoms with Crippen LogP contribution in [0.3, 0.4) is 0 Å². The van der Waals surface area contributed by atoms with Crippen LogP contribution in [0.1, 0.15) is 33.3 Å². The molecule has 0 unspecified atom stereocenters. The zero-order valence-electron chi connectivity index (χ0n) is 15.8. The molecule has 1 aromatic heterocycles. The van der Waals surface area contributed by atoms with Crippen LogP contribution < -0.4 is 16.0 Å². The van der Waals surface area contributed by atoms with Gasteiger partial charge in [-0.25, -0.2) is 4.98 Å². The normalized spacial score (nSPS) is 11.7. The Morgan fingerprint density at radius 3 is 2.30 bits per heavy atom. The van der Waals surface area contributed by atoms with Gasteiger partial charge in [0, 0.05) is 31.3 Å². The lowest BCUT2D eigenvalue weighted by atomic mass is 10.0. The van der Waals surface area contributed by atoms with Gasteiger partial charge in [-0.05, 0) is 11.5 Å². The van der Waals surface area contributed by atoms with Crippen molar-refractivity contribution in [3.8, 4) is 11.3 Å². The quantitative estimate of drug-likeness (QED) is 0.679. The molecule has 0 radical (unpaired) electrons. The average Bonchev–Trinajstić information content (AvgIpc) is 3.06. The third kappa shape index (κ3) is 6.18. The van der Waals surface area contributed by atoms with E-state index in [9.17, 15) is 14.4 Å². The molecule has 1 heterocycles. The highest BCUT2D eigenvalue weighted by Gasteiger charge is 2.23. The van der Waals surface area contributed by atoms with Crippen LogP contribution in [0.15, 0.2) is 29.6 Å². The summed E-state index contributed by atoms with van der Waals surface area (Å²) in [7, 11) is 0. The first kappa shape index (κ1) is 20.6. The Morgan fingerprint density at radius 1 is 1.07 bits per heavy atom. The molecular weight excluding hydrogens is 364 g/mol. The summed E-state index contributed by atoms with van der Waals surface area (Å²) in [5.41, 5.74) is 2.66. The number of amides is 3. The molecule has 3 amide bonds. The van der Waals surface area contributed by atoms with Gasteiger partial charge in [0.1, 0.15) is 6.04 Å². The number of hydrogen-bond donors (Lipinski definition) is 3. The van der Waals surface area contributed by atoms with Gasteiger partial charge >= 0.3 is 0 Å². The van der Waals surface area contributed by atoms with Crippen molar-refractivity contribution < 1.29 is 14.4 Å². The highest BCUT2D eigenvalue weighted by Crippen LogP contribution is 2.25. The molecule has 8 heteroatoms. The Morgan fingerprint density at radius 2 is 1.74 bits per heavy atom. The van der Waals surface area contributed by atoms with Crippen LogP contribution in [0.25, 0.3) is 11.3 Å². The Balaban J connectivity index is 2.04. The molecule has 144 valence electrons. The van der Waals surface area contributed by atoms with Crippen LogP contribution >= 0.6 is 11.3 Å². The van der Waals surface area contributed by atoms with E-state index in [1.807, 2.05) is 43.5 Å². The molecule has 0 bridgehead atoms. The van der Waals surface area contributed by atoms with Crippen LogP contribution in [0.5, 0.6) is 0 Å². The van der Waals surface area contributed by atoms with Crippen molar-refractivity contribution in [1.29, 1.82) is 0 Å². The number of benzene rings is 1. The molecule has 0 fully saturated rings. The molecule has 0 saturated carbocycles. The van der Waals surface area contributed by atoms with Crippen molar-refractivity contribution in [2.45, 2.75) is 40.3 Å². The van der Waals surface area contributed by atoms with Gasteiger partial charge in [0.25, 0.3) is 0 Å². The van der Waals surface area contributed by atoms with E-state index in [1.165, 1.54) is 25.2 Å². The maximum absolute atomic E-state index is 12.4. The van der Waals surface area contributed by atoms with Gasteiger partial charge in [-0.3, -0.25) is 14.4 Å². The average molecular weight is 388 g/mol. The zero-order chi connectivity index (χ0) is 20.0. The fourth-order valence-electron chi connectivity index (χ4n) is 2.42. The number of carbonyl (C=O) groups excluding carboxylic acids is 3. The first-order chi connectivity index (χ1) is 12.8. The highest BCUT2D eigenvalue weighted by atomic mass is 32.1. The number of anilines is 1. The zero-order valence-corrected chi connectivity index (χ0v) is 16.6. The molecule has 2 rings (SSSR count). The fourth-order valence-corrected chi connectivity index (χ4v) is 3.14. The summed E-state index contributed by atoms with van der Waals surface area (Å²) < 4.78 is 0. The van der Waals surface area contributed by atoms with E-state index in [-0.39, 0.29) is 23.6 Å². The van der Waals surface area contributed by atoms with Crippen molar-refractivity contribution in [2.24, 2.45) is 5.92 Å². The molecule has 1 aromatic carbocycles. The number of carbonyl (C=O) groups is 3. The Bertz CT molecular complexity index is 815. The topological polar surface area (TPSA) is 100 Å². The minimum Gasteiger partial charge on any atom is -0.352 e. The summed E-state index contributed by atoms with van der Waals surface area (Å²) in [5.74, 6) is -0.641. The van der Waals surface area contributed by atoms with E-state index in [0.29, 0.717) is 11.7 Å². The fraction of sp³-hybridized carbons (Fsp3) is 0.368. The Kier molecular flexibility index (Phi) is 7.06. The van der Waals surface area contributed by atoms with Gasteiger partial charge < -0.3 is 16.0 Å². The highest BCUT2D eigenvalue weighted by molar-refractivity contribution is 7.14. The summed E-state index contributed by atoms with van der Waals surface area (Å²) in [5, 5.41) is 10.5. The van der Waals surface area contributed by atoms with Crippen LogP contribution in [-0.2, 0) is 20.9 Å². The third-order valence-corrected chi connectivity index (χ3v) is 4.59. The van der Waals surface area contributed by atoms with E-state index in [4.69, 9.17) is 0 Å². The van der Waals surface area contributed by atoms with Crippen LogP contribution in [0.4, 0.5) is 5.13 Å². The first-order valence-corrected chi connectivity index (χ1v) is 9.51. The standard InChI is InChI=1S/C19H24N4O3S/c1-11(2)17(21-13(4)25)18(26)23-19-22-16(10-27-19)15-7-5-14(6-8-15)9-20-12(3)24/h5-8,10-11,17H,9H2,1-4H3,(H,20,24)(H,21,25)(H,22,23,26)/t17-/m1/s1. The Hall–Kier alpha value is -2.74. The van der Waals surface area contributed by atoms with Crippen LogP contribution in [0.2, 0.25) is 0 Å². The lowest BCUT2D eigenvalue weighted by Crippen LogP contribution is -2.46. The first-order valence-electron chi connectivity index (χ1n) is 8.63. The number of nitrogens with zero attached hydrogens (tertiary/aromatic N) is 1. The molecular formula is C19H24N4O3S. The van der Waals surface area contributed by atoms with Crippen LogP contribution in [0, 0.1) is 5.92 Å². The third-order valence-electron chi connectivity index (χ3n) is 3.83. The minimum absolute atomic E-state index is 0.0375. The molecule has 1 atom stereocenters. The van der Waals surface area contributed by atoms with Crippen molar-refractivity contribution in [3.63, 3.8) is 0 Å². The molecule has 3 N–H and O–H groups in total. The van der Waals surface area contributed by atoms with Crippen molar-refractivity contribution in [2.75, 3.05) is 5.32 Å². The van der Waals surface area contributed by atoms with Gasteiger partial charge in [-0.2, -0.15) is 0 Å². The minimum atomic E-state index is -0.608. The number of aromatic nitrogens is 1. The van der Waals surface area contributed by atoms with Gasteiger partial charge in [0.05, 0.1) is 5.69 Å². The molecule has 0 aliphatic heterocycles. The SMILES string of the molecule is CC(=O)NCc1ccc(-c2csc(NC(=O)[C@H](NC(C)=O)C(C)C)n2)cc1. The predicted molar refractivity (Wildman–Crippen MR) is 106 cm³/mol. The molecule has 0 spiro atoms. The molecule has 0 aliphatic rings. The van der Waals surface area contributed by atoms with E-state index in [1.54, 1.807) is 0 Å². The van der Waals surface area contributed by atoms with Crippen molar-refractivity contribution >= 4 is 34.2 Å². The maximum Gasteiger partial charge on any atom is 0.248 e. The summed E-state index contributed by atoms with van der Waals surface area (Å²) in [4.78, 5) is 39.1. The summed E-state index contributed by atoms with van der Waals surface area (Å²) in [6, 6.07) is 7.09. The van der Waals surface area contributed by atoms with Crippen LogP contribution in [-0.4, -0.2) is 28.7 Å². The second-order valence-corrected chi connectivity index (χ2v) is 7.41. The smallest absolute Gasteiger partial charge is 0.248 e. The summed E-state index contributed by atoms with van der Waals surface area (Å²) >= 11 is 1.33. The predicted octanol–water partition coefficient (Wildman–Crippen LogP) is 2.55. The molecule has 27 heavy (non-hydrogen) atoms. The molecule has 7 nitrogen and oxygen atoms in total. The van der Waals surface area contributed by atoms with Gasteiger partial charge in [0.2, 0.25) is 17.7 Å². The van der Waals surface area contributed by atoms with Crippen molar-refractivity contribution in [3.05, 3.63) is 35.2 Å². The van der Waals surface area contributed by atoms with Crippen molar-refractivity contribution in [1.82, 2.24) is 15.6 Å². The number of thiazole rings is 1. The largest absolute Gasteiger partial charge is 0.352 e. The summed E-state index contributed by atoms with van der Waals surface area (Å²) in [6.45, 7) is 7.09.